The third kappa shape index (κ3) is 2.22. The number of aromatic nitrogens is 2. The molecule has 1 N–H and O–H groups in total. The van der Waals surface area contributed by atoms with Crippen LogP contribution in [0.1, 0.15) is 6.42 Å². The Morgan fingerprint density at radius 2 is 2.18 bits per heavy atom. The van der Waals surface area contributed by atoms with Crippen LogP contribution in [0.2, 0.25) is 0 Å². The summed E-state index contributed by atoms with van der Waals surface area (Å²) in [5.74, 6) is -0.0111. The molecular weight excluding hydrogens is 218 g/mol. The molecule has 0 saturated carbocycles. The molecule has 5 nitrogen and oxygen atoms in total. The van der Waals surface area contributed by atoms with Gasteiger partial charge < -0.3 is 14.6 Å². The third-order valence-electron chi connectivity index (χ3n) is 2.77. The Labute approximate surface area is 99.3 Å². The molecule has 0 aliphatic carbocycles. The molecule has 0 unspecified atom stereocenters. The number of rotatable bonds is 4. The summed E-state index contributed by atoms with van der Waals surface area (Å²) in [5.41, 5.74) is 1.97. The monoisotopic (exact) mass is 233 g/mol. The van der Waals surface area contributed by atoms with Gasteiger partial charge in [-0.25, -0.2) is 4.98 Å². The predicted molar refractivity (Wildman–Crippen MR) is 66.2 cm³/mol. The molecule has 90 valence electrons. The van der Waals surface area contributed by atoms with Crippen molar-refractivity contribution in [2.24, 2.45) is 7.05 Å². The molecule has 2 rings (SSSR count). The van der Waals surface area contributed by atoms with Gasteiger partial charge in [0, 0.05) is 20.6 Å². The van der Waals surface area contributed by atoms with Crippen LogP contribution >= 0.6 is 0 Å². The number of carbonyl (C=O) groups is 1. The van der Waals surface area contributed by atoms with E-state index in [0.29, 0.717) is 6.54 Å². The maximum atomic E-state index is 10.5. The van der Waals surface area contributed by atoms with E-state index in [2.05, 4.69) is 4.98 Å². The Morgan fingerprint density at radius 3 is 2.82 bits per heavy atom. The van der Waals surface area contributed by atoms with Crippen LogP contribution in [0.4, 0.5) is 5.95 Å². The summed E-state index contributed by atoms with van der Waals surface area (Å²) in [5, 5.41) is 8.66. The lowest BCUT2D eigenvalue weighted by molar-refractivity contribution is -0.136. The van der Waals surface area contributed by atoms with E-state index in [9.17, 15) is 4.79 Å². The minimum absolute atomic E-state index is 0.111. The molecule has 0 saturated heterocycles. The first-order valence-electron chi connectivity index (χ1n) is 5.44. The average molecular weight is 233 g/mol. The van der Waals surface area contributed by atoms with Crippen molar-refractivity contribution in [3.8, 4) is 0 Å². The normalized spacial score (nSPS) is 10.7. The van der Waals surface area contributed by atoms with Gasteiger partial charge in [0.2, 0.25) is 5.95 Å². The number of hydrogen-bond acceptors (Lipinski definition) is 3. The maximum absolute atomic E-state index is 10.5. The lowest BCUT2D eigenvalue weighted by Crippen LogP contribution is -2.23. The number of benzene rings is 1. The van der Waals surface area contributed by atoms with Gasteiger partial charge in [0.25, 0.3) is 0 Å². The third-order valence-corrected chi connectivity index (χ3v) is 2.77. The zero-order valence-corrected chi connectivity index (χ0v) is 9.92. The van der Waals surface area contributed by atoms with Crippen molar-refractivity contribution in [3.05, 3.63) is 24.3 Å². The number of anilines is 1. The Hall–Kier alpha value is -2.04. The number of aliphatic carboxylic acids is 1. The highest BCUT2D eigenvalue weighted by atomic mass is 16.4. The van der Waals surface area contributed by atoms with E-state index < -0.39 is 5.97 Å². The van der Waals surface area contributed by atoms with Crippen LogP contribution in [0.25, 0.3) is 11.0 Å². The quantitative estimate of drug-likeness (QED) is 0.869. The average Bonchev–Trinajstić information content (AvgIpc) is 2.64. The van der Waals surface area contributed by atoms with E-state index >= 15 is 0 Å². The minimum Gasteiger partial charge on any atom is -0.481 e. The number of imidazole rings is 1. The maximum Gasteiger partial charge on any atom is 0.305 e. The minimum atomic E-state index is -0.796. The van der Waals surface area contributed by atoms with Crippen LogP contribution in [-0.4, -0.2) is 34.2 Å². The summed E-state index contributed by atoms with van der Waals surface area (Å²) in [6, 6.07) is 7.85. The molecule has 1 aromatic heterocycles. The van der Waals surface area contributed by atoms with Gasteiger partial charge in [0.15, 0.2) is 0 Å². The fraction of sp³-hybridized carbons (Fsp3) is 0.333. The van der Waals surface area contributed by atoms with Crippen LogP contribution < -0.4 is 4.90 Å². The summed E-state index contributed by atoms with van der Waals surface area (Å²) in [7, 11) is 3.78. The molecule has 0 aliphatic heterocycles. The summed E-state index contributed by atoms with van der Waals surface area (Å²) < 4.78 is 1.97. The van der Waals surface area contributed by atoms with Crippen LogP contribution in [-0.2, 0) is 11.8 Å². The lowest BCUT2D eigenvalue weighted by Gasteiger charge is -2.16. The van der Waals surface area contributed by atoms with Gasteiger partial charge in [0.1, 0.15) is 0 Å². The second-order valence-corrected chi connectivity index (χ2v) is 4.02. The van der Waals surface area contributed by atoms with Crippen molar-refractivity contribution < 1.29 is 9.90 Å². The zero-order chi connectivity index (χ0) is 12.4. The number of carboxylic acid groups (broad SMARTS) is 1. The first-order valence-corrected chi connectivity index (χ1v) is 5.44. The second-order valence-electron chi connectivity index (χ2n) is 4.02. The van der Waals surface area contributed by atoms with E-state index in [4.69, 9.17) is 5.11 Å². The zero-order valence-electron chi connectivity index (χ0n) is 9.92. The molecule has 0 radical (unpaired) electrons. The van der Waals surface area contributed by atoms with Crippen molar-refractivity contribution in [2.75, 3.05) is 18.5 Å². The highest BCUT2D eigenvalue weighted by molar-refractivity contribution is 5.78. The molecule has 0 atom stereocenters. The molecule has 0 amide bonds. The Morgan fingerprint density at radius 1 is 1.47 bits per heavy atom. The molecule has 1 aromatic carbocycles. The fourth-order valence-corrected chi connectivity index (χ4v) is 1.84. The molecule has 0 fully saturated rings. The van der Waals surface area contributed by atoms with Gasteiger partial charge >= 0.3 is 5.97 Å². The standard InChI is InChI=1S/C12H15N3O2/c1-14(8-7-11(16)17)12-13-9-5-3-4-6-10(9)15(12)2/h3-6H,7-8H2,1-2H3,(H,16,17). The van der Waals surface area contributed by atoms with E-state index in [1.807, 2.05) is 47.8 Å². The topological polar surface area (TPSA) is 58.4 Å². The van der Waals surface area contributed by atoms with Crippen LogP contribution in [0.3, 0.4) is 0 Å². The number of hydrogen-bond donors (Lipinski definition) is 1. The smallest absolute Gasteiger partial charge is 0.305 e. The largest absolute Gasteiger partial charge is 0.481 e. The van der Waals surface area contributed by atoms with Crippen LogP contribution in [0.5, 0.6) is 0 Å². The van der Waals surface area contributed by atoms with Gasteiger partial charge in [-0.3, -0.25) is 4.79 Å². The van der Waals surface area contributed by atoms with Crippen molar-refractivity contribution >= 4 is 23.0 Å². The van der Waals surface area contributed by atoms with Gasteiger partial charge in [0.05, 0.1) is 17.5 Å². The van der Waals surface area contributed by atoms with Crippen molar-refractivity contribution in [2.45, 2.75) is 6.42 Å². The SMILES string of the molecule is CN(CCC(=O)O)c1nc2ccccc2n1C. The van der Waals surface area contributed by atoms with E-state index in [0.717, 1.165) is 17.0 Å². The summed E-state index contributed by atoms with van der Waals surface area (Å²) in [6.45, 7) is 0.451. The summed E-state index contributed by atoms with van der Waals surface area (Å²) in [6.07, 6.45) is 0.111. The first-order chi connectivity index (χ1) is 8.09. The molecule has 0 spiro atoms. The molecule has 0 aliphatic rings. The molecule has 2 aromatic rings. The van der Waals surface area contributed by atoms with E-state index in [-0.39, 0.29) is 6.42 Å². The van der Waals surface area contributed by atoms with Crippen LogP contribution in [0, 0.1) is 0 Å². The number of fused-ring (bicyclic) bond motifs is 1. The lowest BCUT2D eigenvalue weighted by atomic mass is 10.3. The van der Waals surface area contributed by atoms with E-state index in [1.165, 1.54) is 0 Å². The number of nitrogens with zero attached hydrogens (tertiary/aromatic N) is 3. The van der Waals surface area contributed by atoms with Crippen molar-refractivity contribution in [1.29, 1.82) is 0 Å². The number of aryl methyl sites for hydroxylation is 1. The molecule has 17 heavy (non-hydrogen) atoms. The molecular formula is C12H15N3O2. The second kappa shape index (κ2) is 4.45. The van der Waals surface area contributed by atoms with Gasteiger partial charge in [-0.15, -0.1) is 0 Å². The molecule has 1 heterocycles. The predicted octanol–water partition coefficient (Wildman–Crippen LogP) is 1.48. The summed E-state index contributed by atoms with van der Waals surface area (Å²) >= 11 is 0. The Kier molecular flexibility index (Phi) is 2.99. The first kappa shape index (κ1) is 11.4. The molecule has 0 bridgehead atoms. The Balaban J connectivity index is 2.29. The van der Waals surface area contributed by atoms with Crippen LogP contribution in [0.15, 0.2) is 24.3 Å². The van der Waals surface area contributed by atoms with Crippen molar-refractivity contribution in [3.63, 3.8) is 0 Å². The van der Waals surface area contributed by atoms with Gasteiger partial charge in [-0.2, -0.15) is 0 Å². The Bertz CT molecular complexity index is 548. The highest BCUT2D eigenvalue weighted by Crippen LogP contribution is 2.19. The summed E-state index contributed by atoms with van der Waals surface area (Å²) in [4.78, 5) is 16.9. The number of para-hydroxylation sites is 2. The fourth-order valence-electron chi connectivity index (χ4n) is 1.84. The van der Waals surface area contributed by atoms with Gasteiger partial charge in [-0.1, -0.05) is 12.1 Å². The van der Waals surface area contributed by atoms with Gasteiger partial charge in [-0.05, 0) is 12.1 Å². The van der Waals surface area contributed by atoms with E-state index in [1.54, 1.807) is 0 Å². The number of carboxylic acids is 1. The van der Waals surface area contributed by atoms with Crippen molar-refractivity contribution in [1.82, 2.24) is 9.55 Å². The highest BCUT2D eigenvalue weighted by Gasteiger charge is 2.11. The molecule has 5 heteroatoms.